The highest BCUT2D eigenvalue weighted by Crippen LogP contribution is 2.17. The van der Waals surface area contributed by atoms with Crippen LogP contribution in [0.1, 0.15) is 35.9 Å². The van der Waals surface area contributed by atoms with Gasteiger partial charge < -0.3 is 10.1 Å². The molecule has 1 aromatic rings. The van der Waals surface area contributed by atoms with Crippen molar-refractivity contribution in [2.24, 2.45) is 0 Å². The summed E-state index contributed by atoms with van der Waals surface area (Å²) < 4.78 is 5.40. The number of unbranched alkanes of at least 4 members (excludes halogenated alkanes) is 1. The van der Waals surface area contributed by atoms with E-state index in [4.69, 9.17) is 4.74 Å². The van der Waals surface area contributed by atoms with Gasteiger partial charge in [0.2, 0.25) is 0 Å². The van der Waals surface area contributed by atoms with Gasteiger partial charge in [0.15, 0.2) is 0 Å². The maximum absolute atomic E-state index is 11.6. The maximum atomic E-state index is 11.6. The van der Waals surface area contributed by atoms with Gasteiger partial charge in [-0.15, -0.1) is 24.0 Å². The second kappa shape index (κ2) is 8.55. The summed E-state index contributed by atoms with van der Waals surface area (Å²) in [5.74, 6) is -0.0242. The lowest BCUT2D eigenvalue weighted by Gasteiger charge is -2.04. The molecule has 1 N–H and O–H groups in total. The Kier molecular flexibility index (Phi) is 7.32. The van der Waals surface area contributed by atoms with E-state index in [1.54, 1.807) is 6.07 Å². The molecule has 0 fully saturated rings. The fourth-order valence-corrected chi connectivity index (χ4v) is 2.32. The number of ether oxygens (including phenoxy) is 1. The van der Waals surface area contributed by atoms with Gasteiger partial charge in [0, 0.05) is 30.0 Å². The van der Waals surface area contributed by atoms with Crippen molar-refractivity contribution in [3.05, 3.63) is 16.3 Å². The molecular formula is C12H19NO2S2. The van der Waals surface area contributed by atoms with Gasteiger partial charge in [-0.3, -0.25) is 4.79 Å². The fourth-order valence-electron chi connectivity index (χ4n) is 1.26. The van der Waals surface area contributed by atoms with Crippen molar-refractivity contribution in [3.63, 3.8) is 0 Å². The highest BCUT2D eigenvalue weighted by molar-refractivity contribution is 7.80. The Morgan fingerprint density at radius 2 is 2.24 bits per heavy atom. The number of thiophene rings is 1. The smallest absolute Gasteiger partial charge is 0.261 e. The molecule has 0 aliphatic heterocycles. The molecule has 0 aliphatic carbocycles. The molecule has 0 saturated heterocycles. The zero-order valence-electron chi connectivity index (χ0n) is 10.1. The summed E-state index contributed by atoms with van der Waals surface area (Å²) >= 11 is 5.58. The Morgan fingerprint density at radius 1 is 1.47 bits per heavy atom. The van der Waals surface area contributed by atoms with E-state index in [1.165, 1.54) is 11.3 Å². The van der Waals surface area contributed by atoms with Crippen LogP contribution in [0.25, 0.3) is 0 Å². The molecule has 0 unspecified atom stereocenters. The van der Waals surface area contributed by atoms with Gasteiger partial charge in [0.1, 0.15) is 0 Å². The van der Waals surface area contributed by atoms with Crippen LogP contribution in [0.15, 0.2) is 16.3 Å². The minimum Gasteiger partial charge on any atom is -0.381 e. The average Bonchev–Trinajstić information content (AvgIpc) is 2.74. The second-order valence-corrected chi connectivity index (χ2v) is 5.17. The van der Waals surface area contributed by atoms with Crippen molar-refractivity contribution >= 4 is 29.9 Å². The van der Waals surface area contributed by atoms with Crippen LogP contribution >= 0.6 is 24.0 Å². The monoisotopic (exact) mass is 273 g/mol. The van der Waals surface area contributed by atoms with Crippen molar-refractivity contribution in [2.75, 3.05) is 19.8 Å². The number of hydrogen-bond acceptors (Lipinski definition) is 4. The van der Waals surface area contributed by atoms with Gasteiger partial charge in [0.05, 0.1) is 4.88 Å². The van der Waals surface area contributed by atoms with Gasteiger partial charge in [-0.25, -0.2) is 0 Å². The van der Waals surface area contributed by atoms with E-state index in [-0.39, 0.29) is 5.91 Å². The Morgan fingerprint density at radius 3 is 2.88 bits per heavy atom. The van der Waals surface area contributed by atoms with E-state index in [0.717, 1.165) is 30.8 Å². The highest BCUT2D eigenvalue weighted by Gasteiger charge is 2.06. The Balaban J connectivity index is 2.05. The van der Waals surface area contributed by atoms with Gasteiger partial charge in [-0.1, -0.05) is 13.3 Å². The number of amides is 1. The first-order chi connectivity index (χ1) is 8.24. The average molecular weight is 273 g/mol. The first-order valence-corrected chi connectivity index (χ1v) is 7.20. The van der Waals surface area contributed by atoms with Crippen LogP contribution < -0.4 is 5.32 Å². The van der Waals surface area contributed by atoms with Crippen molar-refractivity contribution < 1.29 is 9.53 Å². The van der Waals surface area contributed by atoms with Gasteiger partial charge in [-0.05, 0) is 18.9 Å². The predicted molar refractivity (Wildman–Crippen MR) is 74.2 cm³/mol. The normalized spacial score (nSPS) is 10.5. The lowest BCUT2D eigenvalue weighted by atomic mass is 10.3. The number of thiol groups is 1. The SMILES string of the molecule is CCCCOCCCNC(=O)c1cc(S)cs1. The molecule has 1 aromatic heterocycles. The lowest BCUT2D eigenvalue weighted by Crippen LogP contribution is -2.24. The number of carbonyl (C=O) groups excluding carboxylic acids is 1. The van der Waals surface area contributed by atoms with Crippen LogP contribution in [0.4, 0.5) is 0 Å². The summed E-state index contributed by atoms with van der Waals surface area (Å²) in [5, 5.41) is 4.71. The zero-order valence-corrected chi connectivity index (χ0v) is 11.8. The molecule has 0 spiro atoms. The molecule has 0 atom stereocenters. The van der Waals surface area contributed by atoms with Crippen LogP contribution in [0.5, 0.6) is 0 Å². The third-order valence-corrected chi connectivity index (χ3v) is 3.56. The summed E-state index contributed by atoms with van der Waals surface area (Å²) in [5.41, 5.74) is 0. The number of carbonyl (C=O) groups is 1. The first-order valence-electron chi connectivity index (χ1n) is 5.87. The van der Waals surface area contributed by atoms with E-state index in [9.17, 15) is 4.79 Å². The molecular weight excluding hydrogens is 254 g/mol. The van der Waals surface area contributed by atoms with Crippen LogP contribution in [0.2, 0.25) is 0 Å². The fraction of sp³-hybridized carbons (Fsp3) is 0.583. The van der Waals surface area contributed by atoms with Gasteiger partial charge in [0.25, 0.3) is 5.91 Å². The Labute approximate surface area is 112 Å². The molecule has 5 heteroatoms. The van der Waals surface area contributed by atoms with Crippen molar-refractivity contribution in [1.82, 2.24) is 5.32 Å². The van der Waals surface area contributed by atoms with E-state index in [1.807, 2.05) is 5.38 Å². The van der Waals surface area contributed by atoms with Gasteiger partial charge >= 0.3 is 0 Å². The molecule has 1 heterocycles. The van der Waals surface area contributed by atoms with E-state index < -0.39 is 0 Å². The summed E-state index contributed by atoms with van der Waals surface area (Å²) in [6, 6.07) is 1.78. The van der Waals surface area contributed by atoms with E-state index in [0.29, 0.717) is 18.0 Å². The minimum absolute atomic E-state index is 0.0242. The Bertz CT molecular complexity index is 339. The summed E-state index contributed by atoms with van der Waals surface area (Å²) in [7, 11) is 0. The quantitative estimate of drug-likeness (QED) is 0.564. The maximum Gasteiger partial charge on any atom is 0.261 e. The molecule has 0 bridgehead atoms. The van der Waals surface area contributed by atoms with Gasteiger partial charge in [-0.2, -0.15) is 0 Å². The van der Waals surface area contributed by atoms with Crippen LogP contribution in [0.3, 0.4) is 0 Å². The predicted octanol–water partition coefficient (Wildman–Crippen LogP) is 2.97. The van der Waals surface area contributed by atoms with Crippen molar-refractivity contribution in [1.29, 1.82) is 0 Å². The molecule has 1 rings (SSSR count). The highest BCUT2D eigenvalue weighted by atomic mass is 32.1. The molecule has 0 saturated carbocycles. The third-order valence-electron chi connectivity index (χ3n) is 2.20. The van der Waals surface area contributed by atoms with E-state index >= 15 is 0 Å². The number of rotatable bonds is 8. The molecule has 17 heavy (non-hydrogen) atoms. The summed E-state index contributed by atoms with van der Waals surface area (Å²) in [6.45, 7) is 4.33. The third kappa shape index (κ3) is 6.10. The minimum atomic E-state index is -0.0242. The van der Waals surface area contributed by atoms with Crippen molar-refractivity contribution in [3.8, 4) is 0 Å². The number of nitrogens with one attached hydrogen (secondary N) is 1. The topological polar surface area (TPSA) is 38.3 Å². The van der Waals surface area contributed by atoms with Crippen LogP contribution in [-0.4, -0.2) is 25.7 Å². The number of hydrogen-bond donors (Lipinski definition) is 2. The van der Waals surface area contributed by atoms with Crippen LogP contribution in [0, 0.1) is 0 Å². The molecule has 1 amide bonds. The Hall–Kier alpha value is -0.520. The molecule has 96 valence electrons. The lowest BCUT2D eigenvalue weighted by molar-refractivity contribution is 0.0944. The largest absolute Gasteiger partial charge is 0.381 e. The van der Waals surface area contributed by atoms with Crippen LogP contribution in [-0.2, 0) is 4.74 Å². The standard InChI is InChI=1S/C12H19NO2S2/c1-2-3-6-15-7-4-5-13-12(14)11-8-10(16)9-17-11/h8-9,16H,2-7H2,1H3,(H,13,14). The molecule has 3 nitrogen and oxygen atoms in total. The molecule has 0 radical (unpaired) electrons. The second-order valence-electron chi connectivity index (χ2n) is 3.74. The zero-order chi connectivity index (χ0) is 12.5. The van der Waals surface area contributed by atoms with Crippen molar-refractivity contribution in [2.45, 2.75) is 31.1 Å². The molecule has 0 aliphatic rings. The first kappa shape index (κ1) is 14.5. The van der Waals surface area contributed by atoms with E-state index in [2.05, 4.69) is 24.9 Å². The molecule has 0 aromatic carbocycles. The summed E-state index contributed by atoms with van der Waals surface area (Å²) in [6.07, 6.45) is 3.11. The summed E-state index contributed by atoms with van der Waals surface area (Å²) in [4.78, 5) is 13.2.